The molecule has 0 atom stereocenters. The van der Waals surface area contributed by atoms with E-state index in [-0.39, 0.29) is 0 Å². The summed E-state index contributed by atoms with van der Waals surface area (Å²) in [6.07, 6.45) is 0. The number of aromatic nitrogens is 3. The van der Waals surface area contributed by atoms with E-state index in [0.717, 1.165) is 35.2 Å². The van der Waals surface area contributed by atoms with Gasteiger partial charge in [0.1, 0.15) is 17.6 Å². The van der Waals surface area contributed by atoms with E-state index in [9.17, 15) is 0 Å². The first-order valence-electron chi connectivity index (χ1n) is 5.72. The molecule has 0 aliphatic heterocycles. The molecule has 0 amide bonds. The fraction of sp³-hybridized carbons (Fsp3) is 0.500. The van der Waals surface area contributed by atoms with Crippen molar-refractivity contribution in [3.05, 3.63) is 24.3 Å². The third kappa shape index (κ3) is 2.39. The lowest BCUT2D eigenvalue weighted by Crippen LogP contribution is -2.41. The first kappa shape index (κ1) is 11.1. The highest BCUT2D eigenvalue weighted by Gasteiger charge is 2.12. The molecule has 0 aliphatic rings. The summed E-state index contributed by atoms with van der Waals surface area (Å²) in [4.78, 5) is 1.81. The molecular weight excluding hydrogens is 200 g/mol. The van der Waals surface area contributed by atoms with E-state index in [0.29, 0.717) is 0 Å². The Balaban J connectivity index is 2.10. The fourth-order valence-electron chi connectivity index (χ4n) is 1.52. The number of fused-ring (bicyclic) bond motifs is 1. The topological polar surface area (TPSA) is 30.7 Å². The summed E-state index contributed by atoms with van der Waals surface area (Å²) in [5.41, 5.74) is 1.95. The van der Waals surface area contributed by atoms with Crippen LogP contribution in [0.3, 0.4) is 0 Å². The van der Waals surface area contributed by atoms with Crippen LogP contribution in [0.1, 0.15) is 6.92 Å². The minimum Gasteiger partial charge on any atom is -0.327 e. The van der Waals surface area contributed by atoms with Gasteiger partial charge >= 0.3 is 0 Å². The Morgan fingerprint density at radius 1 is 1.12 bits per heavy atom. The van der Waals surface area contributed by atoms with Gasteiger partial charge in [0.15, 0.2) is 0 Å². The van der Waals surface area contributed by atoms with Crippen LogP contribution < -0.4 is 0 Å². The van der Waals surface area contributed by atoms with Gasteiger partial charge in [0.2, 0.25) is 0 Å². The molecule has 4 nitrogen and oxygen atoms in total. The molecule has 0 saturated heterocycles. The monoisotopic (exact) mass is 219 g/mol. The van der Waals surface area contributed by atoms with E-state index in [1.165, 1.54) is 0 Å². The Morgan fingerprint density at radius 2 is 1.69 bits per heavy atom. The lowest BCUT2D eigenvalue weighted by atomic mass is 10.3. The Labute approximate surface area is 96.1 Å². The molecule has 4 heteroatoms. The van der Waals surface area contributed by atoms with Crippen LogP contribution in [0.15, 0.2) is 24.3 Å². The van der Waals surface area contributed by atoms with Crippen molar-refractivity contribution in [2.24, 2.45) is 0 Å². The summed E-state index contributed by atoms with van der Waals surface area (Å²) in [5, 5.41) is 8.89. The van der Waals surface area contributed by atoms with Gasteiger partial charge in [0.05, 0.1) is 27.2 Å². The van der Waals surface area contributed by atoms with Crippen LogP contribution in [0.5, 0.6) is 0 Å². The highest BCUT2D eigenvalue weighted by Crippen LogP contribution is 2.07. The second-order valence-electron chi connectivity index (χ2n) is 4.76. The number of hydrogen-bond acceptors (Lipinski definition) is 2. The normalized spacial score (nSPS) is 12.2. The number of nitrogens with zero attached hydrogens (tertiary/aromatic N) is 4. The summed E-state index contributed by atoms with van der Waals surface area (Å²) in [6.45, 7) is 5.25. The Kier molecular flexibility index (Phi) is 2.92. The van der Waals surface area contributed by atoms with Crippen LogP contribution in [0, 0.1) is 0 Å². The number of likely N-dealkylation sites (N-methyl/N-ethyl adjacent to an activating group) is 1. The average molecular weight is 219 g/mol. The molecule has 86 valence electrons. The molecule has 0 unspecified atom stereocenters. The van der Waals surface area contributed by atoms with Crippen molar-refractivity contribution in [3.63, 3.8) is 0 Å². The van der Waals surface area contributed by atoms with Crippen LogP contribution in [-0.2, 0) is 6.54 Å². The molecule has 2 rings (SSSR count). The van der Waals surface area contributed by atoms with E-state index < -0.39 is 0 Å². The van der Waals surface area contributed by atoms with Gasteiger partial charge in [-0.05, 0) is 19.1 Å². The van der Waals surface area contributed by atoms with Crippen LogP contribution in [0.25, 0.3) is 11.0 Å². The molecule has 1 aromatic heterocycles. The van der Waals surface area contributed by atoms with Crippen molar-refractivity contribution in [2.75, 3.05) is 27.2 Å². The van der Waals surface area contributed by atoms with Crippen molar-refractivity contribution in [1.29, 1.82) is 0 Å². The number of rotatable bonds is 4. The third-order valence-electron chi connectivity index (χ3n) is 3.09. The molecule has 1 heterocycles. The van der Waals surface area contributed by atoms with Gasteiger partial charge in [-0.25, -0.2) is 0 Å². The number of hydrogen-bond donors (Lipinski definition) is 0. The smallest absolute Gasteiger partial charge is 0.113 e. The van der Waals surface area contributed by atoms with E-state index >= 15 is 0 Å². The Morgan fingerprint density at radius 3 is 2.19 bits per heavy atom. The molecule has 0 radical (unpaired) electrons. The zero-order chi connectivity index (χ0) is 11.6. The maximum absolute atomic E-state index is 4.45. The molecule has 1 aromatic carbocycles. The quantitative estimate of drug-likeness (QED) is 0.730. The van der Waals surface area contributed by atoms with Gasteiger partial charge < -0.3 is 4.48 Å². The van der Waals surface area contributed by atoms with E-state index in [2.05, 4.69) is 31.2 Å². The van der Waals surface area contributed by atoms with Gasteiger partial charge in [0, 0.05) is 0 Å². The zero-order valence-corrected chi connectivity index (χ0v) is 10.2. The first-order chi connectivity index (χ1) is 7.61. The minimum atomic E-state index is 0.871. The lowest BCUT2D eigenvalue weighted by Gasteiger charge is -2.27. The van der Waals surface area contributed by atoms with Crippen molar-refractivity contribution in [2.45, 2.75) is 13.5 Å². The lowest BCUT2D eigenvalue weighted by molar-refractivity contribution is -0.889. The van der Waals surface area contributed by atoms with Crippen molar-refractivity contribution in [3.8, 4) is 0 Å². The van der Waals surface area contributed by atoms with Crippen molar-refractivity contribution >= 4 is 11.0 Å². The number of benzene rings is 1. The summed E-state index contributed by atoms with van der Waals surface area (Å²) in [7, 11) is 4.45. The highest BCUT2D eigenvalue weighted by atomic mass is 15.5. The molecule has 0 N–H and O–H groups in total. The van der Waals surface area contributed by atoms with Gasteiger partial charge in [-0.3, -0.25) is 0 Å². The van der Waals surface area contributed by atoms with Gasteiger partial charge in [0.25, 0.3) is 0 Å². The highest BCUT2D eigenvalue weighted by molar-refractivity contribution is 5.72. The molecule has 2 aromatic rings. The van der Waals surface area contributed by atoms with E-state index in [1.54, 1.807) is 4.80 Å². The maximum atomic E-state index is 4.45. The van der Waals surface area contributed by atoms with E-state index in [1.807, 2.05) is 24.3 Å². The van der Waals surface area contributed by atoms with Gasteiger partial charge in [-0.15, -0.1) is 0 Å². The summed E-state index contributed by atoms with van der Waals surface area (Å²) in [6, 6.07) is 7.98. The van der Waals surface area contributed by atoms with Crippen molar-refractivity contribution in [1.82, 2.24) is 15.0 Å². The summed E-state index contributed by atoms with van der Waals surface area (Å²) in [5.74, 6) is 0. The predicted molar refractivity (Wildman–Crippen MR) is 65.0 cm³/mol. The van der Waals surface area contributed by atoms with Crippen LogP contribution in [0.4, 0.5) is 0 Å². The standard InChI is InChI=1S/C12H19N4/c1-4-16(2,3)10-9-15-13-11-7-5-6-8-12(11)14-15/h5-8H,4,9-10H2,1-3H3/q+1. The van der Waals surface area contributed by atoms with Crippen LogP contribution >= 0.6 is 0 Å². The SMILES string of the molecule is CC[N+](C)(C)CCn1nc2ccccc2n1. The second-order valence-corrected chi connectivity index (χ2v) is 4.76. The first-order valence-corrected chi connectivity index (χ1v) is 5.72. The van der Waals surface area contributed by atoms with Crippen LogP contribution in [-0.4, -0.2) is 46.7 Å². The molecule has 0 fully saturated rings. The maximum Gasteiger partial charge on any atom is 0.113 e. The van der Waals surface area contributed by atoms with Gasteiger partial charge in [-0.2, -0.15) is 15.0 Å². The Bertz CT molecular complexity index is 440. The average Bonchev–Trinajstić information content (AvgIpc) is 2.69. The molecule has 0 aliphatic carbocycles. The third-order valence-corrected chi connectivity index (χ3v) is 3.09. The molecule has 0 bridgehead atoms. The van der Waals surface area contributed by atoms with Crippen molar-refractivity contribution < 1.29 is 4.48 Å². The summed E-state index contributed by atoms with van der Waals surface area (Å²) >= 11 is 0. The zero-order valence-electron chi connectivity index (χ0n) is 10.2. The largest absolute Gasteiger partial charge is 0.327 e. The predicted octanol–water partition coefficient (Wildman–Crippen LogP) is 1.53. The van der Waals surface area contributed by atoms with E-state index in [4.69, 9.17) is 0 Å². The molecule has 0 spiro atoms. The molecular formula is C12H19N4+. The molecule has 16 heavy (non-hydrogen) atoms. The number of quaternary nitrogens is 1. The molecule has 0 saturated carbocycles. The fourth-order valence-corrected chi connectivity index (χ4v) is 1.52. The second kappa shape index (κ2) is 4.22. The Hall–Kier alpha value is -1.42. The minimum absolute atomic E-state index is 0.871. The van der Waals surface area contributed by atoms with Crippen LogP contribution in [0.2, 0.25) is 0 Å². The van der Waals surface area contributed by atoms with Gasteiger partial charge in [-0.1, -0.05) is 12.1 Å². The summed E-state index contributed by atoms with van der Waals surface area (Å²) < 4.78 is 0.998.